The Hall–Kier alpha value is -1.82. The first-order valence-corrected chi connectivity index (χ1v) is 7.58. The maximum Gasteiger partial charge on any atom is 0.417 e. The summed E-state index contributed by atoms with van der Waals surface area (Å²) in [5.41, 5.74) is -0.880. The number of alkyl halides is 3. The van der Waals surface area contributed by atoms with E-state index in [0.29, 0.717) is 19.1 Å². The molecule has 2 rings (SSSR count). The van der Waals surface area contributed by atoms with Gasteiger partial charge in [0, 0.05) is 25.2 Å². The molecule has 1 amide bonds. The maximum absolute atomic E-state index is 13.3. The van der Waals surface area contributed by atoms with Gasteiger partial charge in [0.05, 0.1) is 5.57 Å². The van der Waals surface area contributed by atoms with Crippen molar-refractivity contribution < 1.29 is 18.0 Å². The summed E-state index contributed by atoms with van der Waals surface area (Å²) in [5.74, 6) is -0.571. The lowest BCUT2D eigenvalue weighted by molar-refractivity contribution is -0.127. The number of carbonyl (C=O) groups is 1. The first kappa shape index (κ1) is 17.5. The molecule has 126 valence electrons. The molecule has 23 heavy (non-hydrogen) atoms. The van der Waals surface area contributed by atoms with Gasteiger partial charge in [0.15, 0.2) is 0 Å². The SMILES string of the molecule is CN(C)C1CCN(C(=O)/C=C(\c2ccccc2)C(F)(F)F)CC1. The average molecular weight is 326 g/mol. The summed E-state index contributed by atoms with van der Waals surface area (Å²) in [7, 11) is 3.94. The van der Waals surface area contributed by atoms with Crippen LogP contribution in [0.25, 0.3) is 5.57 Å². The molecule has 0 bridgehead atoms. The van der Waals surface area contributed by atoms with Crippen molar-refractivity contribution in [2.45, 2.75) is 25.1 Å². The molecular weight excluding hydrogens is 305 g/mol. The minimum atomic E-state index is -4.56. The van der Waals surface area contributed by atoms with Gasteiger partial charge in [-0.2, -0.15) is 13.2 Å². The molecule has 0 saturated carbocycles. The molecule has 1 saturated heterocycles. The number of nitrogens with zero attached hydrogens (tertiary/aromatic N) is 2. The van der Waals surface area contributed by atoms with Gasteiger partial charge in [-0.15, -0.1) is 0 Å². The normalized spacial score (nSPS) is 17.7. The third-order valence-electron chi connectivity index (χ3n) is 4.16. The van der Waals surface area contributed by atoms with Gasteiger partial charge in [0.2, 0.25) is 5.91 Å². The van der Waals surface area contributed by atoms with E-state index < -0.39 is 17.7 Å². The fraction of sp³-hybridized carbons (Fsp3) is 0.471. The Balaban J connectivity index is 2.15. The number of allylic oxidation sites excluding steroid dienone is 1. The van der Waals surface area contributed by atoms with Crippen LogP contribution >= 0.6 is 0 Å². The summed E-state index contributed by atoms with van der Waals surface area (Å²) in [6, 6.07) is 7.81. The van der Waals surface area contributed by atoms with Crippen LogP contribution in [0.15, 0.2) is 36.4 Å². The summed E-state index contributed by atoms with van der Waals surface area (Å²) < 4.78 is 39.8. The smallest absolute Gasteiger partial charge is 0.339 e. The van der Waals surface area contributed by atoms with E-state index in [1.807, 2.05) is 14.1 Å². The maximum atomic E-state index is 13.3. The molecule has 1 aromatic rings. The molecule has 0 aliphatic carbocycles. The summed E-state index contributed by atoms with van der Waals surface area (Å²) in [6.45, 7) is 0.968. The monoisotopic (exact) mass is 326 g/mol. The second-order valence-electron chi connectivity index (χ2n) is 5.94. The highest BCUT2D eigenvalue weighted by atomic mass is 19.4. The van der Waals surface area contributed by atoms with Crippen LogP contribution in [0.5, 0.6) is 0 Å². The number of hydrogen-bond donors (Lipinski definition) is 0. The van der Waals surface area contributed by atoms with Crippen molar-refractivity contribution in [1.29, 1.82) is 0 Å². The summed E-state index contributed by atoms with van der Waals surface area (Å²) in [5, 5.41) is 0. The van der Waals surface area contributed by atoms with Gasteiger partial charge in [-0.1, -0.05) is 30.3 Å². The zero-order valence-corrected chi connectivity index (χ0v) is 13.3. The molecule has 6 heteroatoms. The standard InChI is InChI=1S/C17H21F3N2O/c1-21(2)14-8-10-22(11-9-14)16(23)12-15(17(18,19)20)13-6-4-3-5-7-13/h3-7,12,14H,8-11H2,1-2H3/b15-12+. The van der Waals surface area contributed by atoms with Gasteiger partial charge in [-0.05, 0) is 32.5 Å². The van der Waals surface area contributed by atoms with Gasteiger partial charge in [-0.3, -0.25) is 4.79 Å². The molecular formula is C17H21F3N2O. The number of hydrogen-bond acceptors (Lipinski definition) is 2. The Morgan fingerprint density at radius 3 is 2.22 bits per heavy atom. The molecule has 1 aromatic carbocycles. The van der Waals surface area contributed by atoms with Gasteiger partial charge in [0.25, 0.3) is 0 Å². The van der Waals surface area contributed by atoms with Gasteiger partial charge in [0.1, 0.15) is 0 Å². The topological polar surface area (TPSA) is 23.6 Å². The molecule has 1 fully saturated rings. The highest BCUT2D eigenvalue weighted by Gasteiger charge is 2.36. The Morgan fingerprint density at radius 1 is 1.17 bits per heavy atom. The number of rotatable bonds is 3. The molecule has 0 radical (unpaired) electrons. The molecule has 0 spiro atoms. The first-order valence-electron chi connectivity index (χ1n) is 7.58. The van der Waals surface area contributed by atoms with E-state index >= 15 is 0 Å². The zero-order valence-electron chi connectivity index (χ0n) is 13.3. The average Bonchev–Trinajstić information content (AvgIpc) is 2.52. The second-order valence-corrected chi connectivity index (χ2v) is 5.94. The van der Waals surface area contributed by atoms with Crippen LogP contribution in [0.4, 0.5) is 13.2 Å². The largest absolute Gasteiger partial charge is 0.417 e. The predicted octanol–water partition coefficient (Wildman–Crippen LogP) is 3.18. The minimum absolute atomic E-state index is 0.0107. The summed E-state index contributed by atoms with van der Waals surface area (Å²) >= 11 is 0. The third kappa shape index (κ3) is 4.58. The molecule has 0 unspecified atom stereocenters. The lowest BCUT2D eigenvalue weighted by atomic mass is 10.0. The van der Waals surface area contributed by atoms with Crippen LogP contribution in [0, 0.1) is 0 Å². The van der Waals surface area contributed by atoms with Crippen LogP contribution in [-0.2, 0) is 4.79 Å². The summed E-state index contributed by atoms with van der Waals surface area (Å²) in [4.78, 5) is 15.8. The van der Waals surface area contributed by atoms with E-state index in [4.69, 9.17) is 0 Å². The molecule has 1 aliphatic rings. The molecule has 0 atom stereocenters. The van der Waals surface area contributed by atoms with E-state index in [9.17, 15) is 18.0 Å². The molecule has 0 N–H and O–H groups in total. The minimum Gasteiger partial charge on any atom is -0.339 e. The predicted molar refractivity (Wildman–Crippen MR) is 83.8 cm³/mol. The van der Waals surface area contributed by atoms with Crippen LogP contribution in [0.2, 0.25) is 0 Å². The van der Waals surface area contributed by atoms with Crippen molar-refractivity contribution in [3.05, 3.63) is 42.0 Å². The molecule has 3 nitrogen and oxygen atoms in total. The van der Waals surface area contributed by atoms with Crippen molar-refractivity contribution in [1.82, 2.24) is 9.80 Å². The van der Waals surface area contributed by atoms with E-state index in [1.165, 1.54) is 29.2 Å². The highest BCUT2D eigenvalue weighted by molar-refractivity contribution is 5.96. The number of likely N-dealkylation sites (tertiary alicyclic amines) is 1. The number of carbonyl (C=O) groups excluding carboxylic acids is 1. The lowest BCUT2D eigenvalue weighted by Crippen LogP contribution is -2.44. The van der Waals surface area contributed by atoms with Gasteiger partial charge >= 0.3 is 6.18 Å². The van der Waals surface area contributed by atoms with E-state index in [-0.39, 0.29) is 5.56 Å². The fourth-order valence-electron chi connectivity index (χ4n) is 2.76. The quantitative estimate of drug-likeness (QED) is 0.797. The Bertz CT molecular complexity index is 559. The first-order chi connectivity index (χ1) is 10.8. The number of halogens is 3. The lowest BCUT2D eigenvalue weighted by Gasteiger charge is -2.34. The van der Waals surface area contributed by atoms with Crippen LogP contribution < -0.4 is 0 Å². The molecule has 1 heterocycles. The number of benzene rings is 1. The van der Waals surface area contributed by atoms with Crippen molar-refractivity contribution in [2.75, 3.05) is 27.2 Å². The second kappa shape index (κ2) is 7.17. The Labute approximate surface area is 134 Å². The Morgan fingerprint density at radius 2 is 1.74 bits per heavy atom. The number of piperidine rings is 1. The van der Waals surface area contributed by atoms with Crippen LogP contribution in [0.3, 0.4) is 0 Å². The number of amides is 1. The van der Waals surface area contributed by atoms with Gasteiger partial charge in [-0.25, -0.2) is 0 Å². The van der Waals surface area contributed by atoms with Crippen molar-refractivity contribution in [2.24, 2.45) is 0 Å². The van der Waals surface area contributed by atoms with Crippen molar-refractivity contribution >= 4 is 11.5 Å². The summed E-state index contributed by atoms with van der Waals surface area (Å²) in [6.07, 6.45) is -2.27. The zero-order chi connectivity index (χ0) is 17.0. The Kier molecular flexibility index (Phi) is 5.46. The molecule has 0 aromatic heterocycles. The highest BCUT2D eigenvalue weighted by Crippen LogP contribution is 2.34. The van der Waals surface area contributed by atoms with E-state index in [0.717, 1.165) is 18.9 Å². The van der Waals surface area contributed by atoms with Gasteiger partial charge < -0.3 is 9.80 Å². The van der Waals surface area contributed by atoms with Crippen molar-refractivity contribution in [3.63, 3.8) is 0 Å². The van der Waals surface area contributed by atoms with E-state index in [1.54, 1.807) is 6.07 Å². The van der Waals surface area contributed by atoms with Crippen molar-refractivity contribution in [3.8, 4) is 0 Å². The van der Waals surface area contributed by atoms with E-state index in [2.05, 4.69) is 4.90 Å². The fourth-order valence-corrected chi connectivity index (χ4v) is 2.76. The third-order valence-corrected chi connectivity index (χ3v) is 4.16. The molecule has 1 aliphatic heterocycles. The van der Waals surface area contributed by atoms with Crippen LogP contribution in [-0.4, -0.2) is 55.1 Å². The van der Waals surface area contributed by atoms with Crippen LogP contribution in [0.1, 0.15) is 18.4 Å².